The zero-order chi connectivity index (χ0) is 14.9. The van der Waals surface area contributed by atoms with Gasteiger partial charge in [-0.1, -0.05) is 25.0 Å². The van der Waals surface area contributed by atoms with E-state index in [1.54, 1.807) is 0 Å². The highest BCUT2D eigenvalue weighted by atomic mass is 16.5. The van der Waals surface area contributed by atoms with Crippen molar-refractivity contribution in [2.75, 3.05) is 26.2 Å². The van der Waals surface area contributed by atoms with Crippen molar-refractivity contribution in [3.63, 3.8) is 0 Å². The molecule has 21 heavy (non-hydrogen) atoms. The lowest BCUT2D eigenvalue weighted by Crippen LogP contribution is -2.26. The number of hydrogen-bond donors (Lipinski definition) is 1. The number of rotatable bonds is 7. The second-order valence-electron chi connectivity index (χ2n) is 5.67. The largest absolute Gasteiger partial charge is 0.494 e. The highest BCUT2D eigenvalue weighted by Gasteiger charge is 2.08. The maximum absolute atomic E-state index is 10.6. The van der Waals surface area contributed by atoms with Crippen molar-refractivity contribution in [3.8, 4) is 5.75 Å². The summed E-state index contributed by atoms with van der Waals surface area (Å²) >= 11 is 0. The molecule has 0 bridgehead atoms. The lowest BCUT2D eigenvalue weighted by molar-refractivity contribution is -0.136. The van der Waals surface area contributed by atoms with Crippen LogP contribution < -0.4 is 4.74 Å². The molecule has 1 saturated heterocycles. The lowest BCUT2D eigenvalue weighted by Gasteiger charge is -2.19. The number of benzene rings is 1. The van der Waals surface area contributed by atoms with E-state index in [1.165, 1.54) is 38.8 Å². The Morgan fingerprint density at radius 2 is 1.76 bits per heavy atom. The molecule has 1 aliphatic rings. The molecule has 1 aromatic carbocycles. The van der Waals surface area contributed by atoms with Crippen LogP contribution in [-0.4, -0.2) is 42.2 Å². The summed E-state index contributed by atoms with van der Waals surface area (Å²) in [5.41, 5.74) is 0.805. The molecule has 116 valence electrons. The SMILES string of the molecule is O=C(O)Cc1ccc(OCCCN2CCCCCC2)cc1. The molecule has 0 aliphatic carbocycles. The molecule has 1 aliphatic heterocycles. The van der Waals surface area contributed by atoms with Gasteiger partial charge in [-0.15, -0.1) is 0 Å². The second-order valence-corrected chi connectivity index (χ2v) is 5.67. The molecule has 0 spiro atoms. The van der Waals surface area contributed by atoms with Crippen molar-refractivity contribution in [3.05, 3.63) is 29.8 Å². The monoisotopic (exact) mass is 291 g/mol. The molecule has 4 heteroatoms. The molecule has 0 radical (unpaired) electrons. The quantitative estimate of drug-likeness (QED) is 0.785. The Hall–Kier alpha value is -1.55. The van der Waals surface area contributed by atoms with Crippen LogP contribution in [0.15, 0.2) is 24.3 Å². The minimum absolute atomic E-state index is 0.0647. The summed E-state index contributed by atoms with van der Waals surface area (Å²) in [5, 5.41) is 8.72. The van der Waals surface area contributed by atoms with Crippen molar-refractivity contribution in [1.82, 2.24) is 4.90 Å². The smallest absolute Gasteiger partial charge is 0.307 e. The standard InChI is InChI=1S/C17H25NO3/c19-17(20)14-15-6-8-16(9-7-15)21-13-5-12-18-10-3-1-2-4-11-18/h6-9H,1-5,10-14H2,(H,19,20). The van der Waals surface area contributed by atoms with Gasteiger partial charge < -0.3 is 14.7 Å². The van der Waals surface area contributed by atoms with Crippen molar-refractivity contribution < 1.29 is 14.6 Å². The fraction of sp³-hybridized carbons (Fsp3) is 0.588. The van der Waals surface area contributed by atoms with Gasteiger partial charge in [-0.3, -0.25) is 4.79 Å². The third kappa shape index (κ3) is 6.17. The molecule has 1 heterocycles. The van der Waals surface area contributed by atoms with Crippen LogP contribution >= 0.6 is 0 Å². The van der Waals surface area contributed by atoms with Crippen molar-refractivity contribution in [1.29, 1.82) is 0 Å². The van der Waals surface area contributed by atoms with Gasteiger partial charge >= 0.3 is 5.97 Å². The van der Waals surface area contributed by atoms with E-state index in [-0.39, 0.29) is 6.42 Å². The fourth-order valence-corrected chi connectivity index (χ4v) is 2.72. The van der Waals surface area contributed by atoms with E-state index >= 15 is 0 Å². The van der Waals surface area contributed by atoms with Crippen molar-refractivity contribution in [2.24, 2.45) is 0 Å². The Kier molecular flexibility index (Phi) is 6.54. The molecule has 0 aromatic heterocycles. The minimum Gasteiger partial charge on any atom is -0.494 e. The normalized spacial score (nSPS) is 16.4. The average molecular weight is 291 g/mol. The molecule has 0 saturated carbocycles. The first kappa shape index (κ1) is 15.8. The lowest BCUT2D eigenvalue weighted by atomic mass is 10.1. The van der Waals surface area contributed by atoms with Gasteiger partial charge in [0.05, 0.1) is 13.0 Å². The van der Waals surface area contributed by atoms with E-state index in [4.69, 9.17) is 9.84 Å². The number of carboxylic acid groups (broad SMARTS) is 1. The van der Waals surface area contributed by atoms with Crippen LogP contribution in [0.1, 0.15) is 37.7 Å². The number of nitrogens with zero attached hydrogens (tertiary/aromatic N) is 1. The predicted octanol–water partition coefficient (Wildman–Crippen LogP) is 2.96. The molecule has 2 rings (SSSR count). The van der Waals surface area contributed by atoms with E-state index in [0.29, 0.717) is 0 Å². The number of carbonyl (C=O) groups is 1. The summed E-state index contributed by atoms with van der Waals surface area (Å²) < 4.78 is 5.71. The Morgan fingerprint density at radius 1 is 1.10 bits per heavy atom. The maximum atomic E-state index is 10.6. The first-order valence-corrected chi connectivity index (χ1v) is 7.90. The van der Waals surface area contributed by atoms with Crippen molar-refractivity contribution in [2.45, 2.75) is 38.5 Å². The predicted molar refractivity (Wildman–Crippen MR) is 82.8 cm³/mol. The van der Waals surface area contributed by atoms with E-state index in [9.17, 15) is 4.79 Å². The van der Waals surface area contributed by atoms with Crippen LogP contribution in [0.4, 0.5) is 0 Å². The van der Waals surface area contributed by atoms with Gasteiger partial charge in [0.1, 0.15) is 5.75 Å². The number of likely N-dealkylation sites (tertiary alicyclic amines) is 1. The maximum Gasteiger partial charge on any atom is 0.307 e. The third-order valence-electron chi connectivity index (χ3n) is 3.86. The highest BCUT2D eigenvalue weighted by Crippen LogP contribution is 2.14. The Labute approximate surface area is 126 Å². The van der Waals surface area contributed by atoms with Gasteiger partial charge in [-0.05, 0) is 50.0 Å². The molecular formula is C17H25NO3. The van der Waals surface area contributed by atoms with Crippen LogP contribution in [0, 0.1) is 0 Å². The summed E-state index contributed by atoms with van der Waals surface area (Å²) in [5.74, 6) is 0.0149. The molecule has 0 atom stereocenters. The summed E-state index contributed by atoms with van der Waals surface area (Å²) in [4.78, 5) is 13.1. The van der Waals surface area contributed by atoms with Crippen LogP contribution in [0.5, 0.6) is 5.75 Å². The first-order valence-electron chi connectivity index (χ1n) is 7.90. The zero-order valence-corrected chi connectivity index (χ0v) is 12.6. The van der Waals surface area contributed by atoms with E-state index in [1.807, 2.05) is 24.3 Å². The van der Waals surface area contributed by atoms with Gasteiger partial charge in [0.25, 0.3) is 0 Å². The Morgan fingerprint density at radius 3 is 2.38 bits per heavy atom. The molecule has 0 unspecified atom stereocenters. The van der Waals surface area contributed by atoms with Gasteiger partial charge in [0, 0.05) is 6.54 Å². The molecule has 1 aromatic rings. The number of ether oxygens (including phenoxy) is 1. The van der Waals surface area contributed by atoms with Gasteiger partial charge in [0.15, 0.2) is 0 Å². The molecular weight excluding hydrogens is 266 g/mol. The Balaban J connectivity index is 1.64. The van der Waals surface area contributed by atoms with Gasteiger partial charge in [0.2, 0.25) is 0 Å². The van der Waals surface area contributed by atoms with Crippen LogP contribution in [0.3, 0.4) is 0 Å². The summed E-state index contributed by atoms with van der Waals surface area (Å²) in [6.45, 7) is 4.28. The van der Waals surface area contributed by atoms with Crippen molar-refractivity contribution >= 4 is 5.97 Å². The van der Waals surface area contributed by atoms with E-state index < -0.39 is 5.97 Å². The average Bonchev–Trinajstić information content (AvgIpc) is 2.73. The summed E-state index contributed by atoms with van der Waals surface area (Å²) in [6, 6.07) is 7.34. The third-order valence-corrected chi connectivity index (χ3v) is 3.86. The minimum atomic E-state index is -0.805. The highest BCUT2D eigenvalue weighted by molar-refractivity contribution is 5.70. The molecule has 0 amide bonds. The van der Waals surface area contributed by atoms with Gasteiger partial charge in [-0.2, -0.15) is 0 Å². The Bertz CT molecular complexity index is 422. The first-order chi connectivity index (χ1) is 10.2. The molecule has 1 fully saturated rings. The second kappa shape index (κ2) is 8.67. The summed E-state index contributed by atoms with van der Waals surface area (Å²) in [6.07, 6.45) is 6.50. The summed E-state index contributed by atoms with van der Waals surface area (Å²) in [7, 11) is 0. The van der Waals surface area contributed by atoms with E-state index in [2.05, 4.69) is 4.90 Å². The molecule has 4 nitrogen and oxygen atoms in total. The van der Waals surface area contributed by atoms with Crippen LogP contribution in [0.2, 0.25) is 0 Å². The number of carboxylic acids is 1. The zero-order valence-electron chi connectivity index (χ0n) is 12.6. The number of hydrogen-bond acceptors (Lipinski definition) is 3. The van der Waals surface area contributed by atoms with Gasteiger partial charge in [-0.25, -0.2) is 0 Å². The van der Waals surface area contributed by atoms with E-state index in [0.717, 1.165) is 30.9 Å². The van der Waals surface area contributed by atoms with Crippen LogP contribution in [0.25, 0.3) is 0 Å². The fourth-order valence-electron chi connectivity index (χ4n) is 2.72. The number of aliphatic carboxylic acids is 1. The molecule has 1 N–H and O–H groups in total. The topological polar surface area (TPSA) is 49.8 Å². The van der Waals surface area contributed by atoms with Crippen LogP contribution in [-0.2, 0) is 11.2 Å².